The van der Waals surface area contributed by atoms with E-state index in [1.807, 2.05) is 0 Å². The Labute approximate surface area is 159 Å². The van der Waals surface area contributed by atoms with Crippen LogP contribution in [0.1, 0.15) is 43.7 Å². The zero-order valence-electron chi connectivity index (χ0n) is 14.8. The number of ether oxygens (including phenoxy) is 1. The molecule has 0 spiro atoms. The first-order valence-corrected chi connectivity index (χ1v) is 9.63. The minimum Gasteiger partial charge on any atom is -0.493 e. The van der Waals surface area contributed by atoms with Crippen LogP contribution in [-0.2, 0) is 11.0 Å². The summed E-state index contributed by atoms with van der Waals surface area (Å²) in [6.07, 6.45) is 0.772. The molecule has 1 heterocycles. The van der Waals surface area contributed by atoms with E-state index in [9.17, 15) is 22.8 Å². The fourth-order valence-electron chi connectivity index (χ4n) is 3.26. The first kappa shape index (κ1) is 19.8. The van der Waals surface area contributed by atoms with E-state index >= 15 is 0 Å². The van der Waals surface area contributed by atoms with Crippen molar-refractivity contribution in [1.29, 1.82) is 0 Å². The Morgan fingerprint density at radius 1 is 1.22 bits per heavy atom. The van der Waals surface area contributed by atoms with Crippen LogP contribution < -0.4 is 10.1 Å². The first-order valence-electron chi connectivity index (χ1n) is 8.81. The van der Waals surface area contributed by atoms with Gasteiger partial charge in [0.25, 0.3) is 11.1 Å². The number of rotatable bonds is 4. The minimum absolute atomic E-state index is 0.0677. The summed E-state index contributed by atoms with van der Waals surface area (Å²) in [4.78, 5) is 22.8. The number of imide groups is 1. The van der Waals surface area contributed by atoms with E-state index in [0.29, 0.717) is 17.7 Å². The molecule has 0 bridgehead atoms. The molecule has 4 nitrogen and oxygen atoms in total. The molecule has 1 aliphatic heterocycles. The van der Waals surface area contributed by atoms with E-state index in [4.69, 9.17) is 4.74 Å². The number of halogens is 3. The fraction of sp³-hybridized carbons (Fsp3) is 0.474. The van der Waals surface area contributed by atoms with Gasteiger partial charge in [0, 0.05) is 0 Å². The summed E-state index contributed by atoms with van der Waals surface area (Å²) in [7, 11) is 0. The van der Waals surface area contributed by atoms with Crippen LogP contribution in [0.5, 0.6) is 5.75 Å². The summed E-state index contributed by atoms with van der Waals surface area (Å²) in [5.74, 6) is 0.124. The number of nitrogens with one attached hydrogen (secondary N) is 1. The SMILES string of the molecule is CC1CCC(COc2ccc(/C=C3/SC(=O)NC3=O)cc2C(F)(F)F)CC1. The van der Waals surface area contributed by atoms with Crippen LogP contribution in [0, 0.1) is 11.8 Å². The lowest BCUT2D eigenvalue weighted by Crippen LogP contribution is -2.20. The molecule has 2 amide bonds. The van der Waals surface area contributed by atoms with Crippen molar-refractivity contribution in [2.45, 2.75) is 38.8 Å². The second-order valence-electron chi connectivity index (χ2n) is 7.04. The lowest BCUT2D eigenvalue weighted by atomic mass is 9.83. The highest BCUT2D eigenvalue weighted by molar-refractivity contribution is 8.18. The van der Waals surface area contributed by atoms with Crippen LogP contribution in [0.4, 0.5) is 18.0 Å². The number of carbonyl (C=O) groups is 2. The van der Waals surface area contributed by atoms with Crippen molar-refractivity contribution in [2.75, 3.05) is 6.61 Å². The Morgan fingerprint density at radius 3 is 2.52 bits per heavy atom. The van der Waals surface area contributed by atoms with Gasteiger partial charge in [0.05, 0.1) is 17.1 Å². The molecule has 0 atom stereocenters. The van der Waals surface area contributed by atoms with Crippen molar-refractivity contribution in [3.05, 3.63) is 34.2 Å². The van der Waals surface area contributed by atoms with Gasteiger partial charge in [-0.3, -0.25) is 14.9 Å². The van der Waals surface area contributed by atoms with Gasteiger partial charge in [-0.25, -0.2) is 0 Å². The van der Waals surface area contributed by atoms with Gasteiger partial charge in [-0.15, -0.1) is 0 Å². The average Bonchev–Trinajstić information content (AvgIpc) is 2.91. The second kappa shape index (κ2) is 7.96. The molecule has 2 fully saturated rings. The molecule has 8 heteroatoms. The third-order valence-electron chi connectivity index (χ3n) is 4.86. The van der Waals surface area contributed by atoms with Gasteiger partial charge in [-0.2, -0.15) is 13.2 Å². The molecule has 0 unspecified atom stereocenters. The predicted octanol–water partition coefficient (Wildman–Crippen LogP) is 5.23. The van der Waals surface area contributed by atoms with Crippen LogP contribution in [0.2, 0.25) is 0 Å². The van der Waals surface area contributed by atoms with E-state index in [1.165, 1.54) is 18.2 Å². The third kappa shape index (κ3) is 5.06. The van der Waals surface area contributed by atoms with Crippen LogP contribution in [0.3, 0.4) is 0 Å². The van der Waals surface area contributed by atoms with E-state index in [0.717, 1.165) is 31.7 Å². The Kier molecular flexibility index (Phi) is 5.83. The molecule has 146 valence electrons. The van der Waals surface area contributed by atoms with E-state index in [2.05, 4.69) is 12.2 Å². The van der Waals surface area contributed by atoms with E-state index in [1.54, 1.807) is 0 Å². The highest BCUT2D eigenvalue weighted by Crippen LogP contribution is 2.38. The molecule has 27 heavy (non-hydrogen) atoms. The number of amides is 2. The zero-order valence-corrected chi connectivity index (χ0v) is 15.6. The largest absolute Gasteiger partial charge is 0.493 e. The number of thioether (sulfide) groups is 1. The van der Waals surface area contributed by atoms with Crippen LogP contribution >= 0.6 is 11.8 Å². The topological polar surface area (TPSA) is 55.4 Å². The van der Waals surface area contributed by atoms with Crippen LogP contribution in [0.15, 0.2) is 23.1 Å². The van der Waals surface area contributed by atoms with Crippen molar-refractivity contribution in [3.63, 3.8) is 0 Å². The Bertz CT molecular complexity index is 768. The maximum atomic E-state index is 13.5. The summed E-state index contributed by atoms with van der Waals surface area (Å²) in [5, 5.41) is 1.54. The monoisotopic (exact) mass is 399 g/mol. The Hall–Kier alpha value is -1.96. The molecule has 1 saturated heterocycles. The highest BCUT2D eigenvalue weighted by Gasteiger charge is 2.35. The van der Waals surface area contributed by atoms with Crippen molar-refractivity contribution < 1.29 is 27.5 Å². The lowest BCUT2D eigenvalue weighted by Gasteiger charge is -2.26. The van der Waals surface area contributed by atoms with Gasteiger partial charge in [0.1, 0.15) is 5.75 Å². The fourth-order valence-corrected chi connectivity index (χ4v) is 3.94. The summed E-state index contributed by atoms with van der Waals surface area (Å²) in [5.41, 5.74) is -0.690. The van der Waals surface area contributed by atoms with Crippen molar-refractivity contribution >= 4 is 29.0 Å². The summed E-state index contributed by atoms with van der Waals surface area (Å²) in [6.45, 7) is 2.45. The molecule has 0 radical (unpaired) electrons. The normalized spacial score (nSPS) is 25.0. The first-order chi connectivity index (χ1) is 12.7. The lowest BCUT2D eigenvalue weighted by molar-refractivity contribution is -0.139. The smallest absolute Gasteiger partial charge is 0.419 e. The molecular formula is C19H20F3NO3S. The molecule has 1 saturated carbocycles. The van der Waals surface area contributed by atoms with E-state index in [-0.39, 0.29) is 28.7 Å². The quantitative estimate of drug-likeness (QED) is 0.704. The van der Waals surface area contributed by atoms with Gasteiger partial charge in [0.15, 0.2) is 0 Å². The summed E-state index contributed by atoms with van der Waals surface area (Å²) >= 11 is 0.664. The molecule has 1 N–H and O–H groups in total. The second-order valence-corrected chi connectivity index (χ2v) is 8.06. The van der Waals surface area contributed by atoms with Gasteiger partial charge < -0.3 is 4.74 Å². The average molecular weight is 399 g/mol. The number of hydrogen-bond acceptors (Lipinski definition) is 4. The maximum Gasteiger partial charge on any atom is 0.419 e. The van der Waals surface area contributed by atoms with Crippen LogP contribution in [0.25, 0.3) is 6.08 Å². The molecule has 0 aromatic heterocycles. The molecule has 2 aliphatic rings. The predicted molar refractivity (Wildman–Crippen MR) is 97.2 cm³/mol. The van der Waals surface area contributed by atoms with Crippen LogP contribution in [-0.4, -0.2) is 17.8 Å². The number of hydrogen-bond donors (Lipinski definition) is 1. The molecule has 3 rings (SSSR count). The number of carbonyl (C=O) groups excluding carboxylic acids is 2. The summed E-state index contributed by atoms with van der Waals surface area (Å²) < 4.78 is 45.9. The maximum absolute atomic E-state index is 13.5. The van der Waals surface area contributed by atoms with Gasteiger partial charge in [-0.05, 0) is 60.2 Å². The third-order valence-corrected chi connectivity index (χ3v) is 5.67. The zero-order chi connectivity index (χ0) is 19.6. The molecular weight excluding hydrogens is 379 g/mol. The number of alkyl halides is 3. The number of benzene rings is 1. The Balaban J connectivity index is 1.77. The van der Waals surface area contributed by atoms with Crippen molar-refractivity contribution in [3.8, 4) is 5.75 Å². The summed E-state index contributed by atoms with van der Waals surface area (Å²) in [6, 6.07) is 3.68. The molecule has 1 aromatic carbocycles. The van der Waals surface area contributed by atoms with E-state index < -0.39 is 22.9 Å². The molecule has 1 aromatic rings. The van der Waals surface area contributed by atoms with Gasteiger partial charge in [-0.1, -0.05) is 25.8 Å². The molecule has 1 aliphatic carbocycles. The van der Waals surface area contributed by atoms with Gasteiger partial charge >= 0.3 is 6.18 Å². The van der Waals surface area contributed by atoms with Crippen molar-refractivity contribution in [1.82, 2.24) is 5.32 Å². The van der Waals surface area contributed by atoms with Gasteiger partial charge in [0.2, 0.25) is 0 Å². The Morgan fingerprint density at radius 2 is 1.93 bits per heavy atom. The standard InChI is InChI=1S/C19H20F3NO3S/c1-11-2-4-12(5-3-11)10-26-15-7-6-13(8-14(15)19(20,21)22)9-16-17(24)23-18(25)27-16/h6-9,11-12H,2-5,10H2,1H3,(H,23,24,25)/b16-9+. The highest BCUT2D eigenvalue weighted by atomic mass is 32.2. The minimum atomic E-state index is -4.58. The van der Waals surface area contributed by atoms with Crippen molar-refractivity contribution in [2.24, 2.45) is 11.8 Å².